The van der Waals surface area contributed by atoms with Gasteiger partial charge >= 0.3 is 5.97 Å². The number of anilines is 1. The van der Waals surface area contributed by atoms with E-state index in [0.29, 0.717) is 23.5 Å². The molecule has 2 aliphatic rings. The molecule has 1 aliphatic heterocycles. The first-order chi connectivity index (χ1) is 15.7. The summed E-state index contributed by atoms with van der Waals surface area (Å²) in [5.74, 6) is -0.892. The maximum atomic E-state index is 12.4. The van der Waals surface area contributed by atoms with Gasteiger partial charge in [-0.1, -0.05) is 12.1 Å². The van der Waals surface area contributed by atoms with Gasteiger partial charge in [-0.15, -0.1) is 0 Å². The summed E-state index contributed by atoms with van der Waals surface area (Å²) in [6.45, 7) is 1.24. The number of carbonyl (C=O) groups is 3. The number of hydrogen-bond donors (Lipinski definition) is 1. The third kappa shape index (κ3) is 5.68. The van der Waals surface area contributed by atoms with Crippen LogP contribution in [0.15, 0.2) is 24.3 Å². The zero-order valence-electron chi connectivity index (χ0n) is 18.5. The minimum absolute atomic E-state index is 0.0152. The molecule has 1 amide bonds. The highest BCUT2D eigenvalue weighted by atomic mass is 32.2. The van der Waals surface area contributed by atoms with E-state index in [0.717, 1.165) is 19.3 Å². The van der Waals surface area contributed by atoms with Crippen molar-refractivity contribution >= 4 is 33.3 Å². The zero-order valence-corrected chi connectivity index (χ0v) is 19.3. The normalized spacial score (nSPS) is 18.6. The van der Waals surface area contributed by atoms with Gasteiger partial charge in [-0.2, -0.15) is 5.10 Å². The summed E-state index contributed by atoms with van der Waals surface area (Å²) in [6, 6.07) is 6.98. The smallest absolute Gasteiger partial charge is 0.306 e. The number of benzene rings is 1. The number of esters is 1. The molecule has 10 heteroatoms. The predicted molar refractivity (Wildman–Crippen MR) is 121 cm³/mol. The van der Waals surface area contributed by atoms with Gasteiger partial charge in [-0.05, 0) is 49.8 Å². The van der Waals surface area contributed by atoms with Crippen LogP contribution in [0.2, 0.25) is 0 Å². The molecule has 1 N–H and O–H groups in total. The molecule has 1 aromatic carbocycles. The van der Waals surface area contributed by atoms with Crippen molar-refractivity contribution in [3.05, 3.63) is 46.6 Å². The fraction of sp³-hybridized carbons (Fsp3) is 0.478. The Kier molecular flexibility index (Phi) is 6.64. The van der Waals surface area contributed by atoms with Crippen molar-refractivity contribution in [1.82, 2.24) is 9.78 Å². The van der Waals surface area contributed by atoms with Crippen LogP contribution < -0.4 is 5.32 Å². The number of ether oxygens (including phenoxy) is 1. The molecule has 0 bridgehead atoms. The van der Waals surface area contributed by atoms with Gasteiger partial charge in [0.05, 0.1) is 29.7 Å². The van der Waals surface area contributed by atoms with E-state index in [1.54, 1.807) is 19.1 Å². The number of nitrogens with one attached hydrogen (secondary N) is 1. The predicted octanol–water partition coefficient (Wildman–Crippen LogP) is 2.18. The SMILES string of the molecule is Cc1cc(NC(=O)COC(=O)CCC(=O)c2ccc3c(c2)CCC3)n(C2CCS(=O)(=O)C2)n1. The van der Waals surface area contributed by atoms with Crippen LogP contribution in [0.5, 0.6) is 0 Å². The Morgan fingerprint density at radius 3 is 2.70 bits per heavy atom. The van der Waals surface area contributed by atoms with Gasteiger partial charge in [0.2, 0.25) is 0 Å². The molecular formula is C23H27N3O6S. The van der Waals surface area contributed by atoms with Crippen molar-refractivity contribution in [2.45, 2.75) is 51.5 Å². The fourth-order valence-corrected chi connectivity index (χ4v) is 6.05. The largest absolute Gasteiger partial charge is 0.456 e. The number of fused-ring (bicyclic) bond motifs is 1. The number of rotatable bonds is 8. The van der Waals surface area contributed by atoms with Crippen LogP contribution in [0, 0.1) is 6.92 Å². The number of nitrogens with zero attached hydrogens (tertiary/aromatic N) is 2. The summed E-state index contributed by atoms with van der Waals surface area (Å²) in [5, 5.41) is 6.93. The number of sulfone groups is 1. The highest BCUT2D eigenvalue weighted by Crippen LogP contribution is 2.27. The van der Waals surface area contributed by atoms with Crippen molar-refractivity contribution in [1.29, 1.82) is 0 Å². The second kappa shape index (κ2) is 9.46. The molecule has 1 atom stereocenters. The molecular weight excluding hydrogens is 446 g/mol. The first-order valence-electron chi connectivity index (χ1n) is 11.1. The number of hydrogen-bond acceptors (Lipinski definition) is 7. The van der Waals surface area contributed by atoms with Gasteiger partial charge in [0.25, 0.3) is 5.91 Å². The number of aryl methyl sites for hydroxylation is 3. The molecule has 176 valence electrons. The van der Waals surface area contributed by atoms with Crippen LogP contribution in [0.25, 0.3) is 0 Å². The standard InChI is InChI=1S/C23H27N3O6S/c1-15-11-21(26(25-15)19-9-10-33(30,31)14-19)24-22(28)13-32-23(29)8-7-20(27)18-6-5-16-3-2-4-17(16)12-18/h5-6,11-12,19H,2-4,7-10,13-14H2,1H3,(H,24,28). The second-order valence-electron chi connectivity index (χ2n) is 8.64. The second-order valence-corrected chi connectivity index (χ2v) is 10.9. The maximum absolute atomic E-state index is 12.4. The van der Waals surface area contributed by atoms with Gasteiger partial charge in [0, 0.05) is 18.1 Å². The molecule has 1 aliphatic carbocycles. The number of ketones is 1. The van der Waals surface area contributed by atoms with Crippen LogP contribution in [0.1, 0.15) is 58.9 Å². The minimum Gasteiger partial charge on any atom is -0.456 e. The minimum atomic E-state index is -3.11. The summed E-state index contributed by atoms with van der Waals surface area (Å²) in [7, 11) is -3.11. The van der Waals surface area contributed by atoms with Crippen molar-refractivity contribution in [3.8, 4) is 0 Å². The van der Waals surface area contributed by atoms with Gasteiger partial charge in [-0.3, -0.25) is 14.4 Å². The summed E-state index contributed by atoms with van der Waals surface area (Å²) < 4.78 is 30.1. The Balaban J connectivity index is 1.25. The Hall–Kier alpha value is -3.01. The van der Waals surface area contributed by atoms with Gasteiger partial charge in [-0.25, -0.2) is 13.1 Å². The molecule has 1 unspecified atom stereocenters. The highest BCUT2D eigenvalue weighted by molar-refractivity contribution is 7.91. The third-order valence-corrected chi connectivity index (χ3v) is 7.77. The lowest BCUT2D eigenvalue weighted by atomic mass is 10.0. The summed E-state index contributed by atoms with van der Waals surface area (Å²) in [6.07, 6.45) is 3.45. The van der Waals surface area contributed by atoms with Gasteiger partial charge in [0.15, 0.2) is 22.2 Å². The van der Waals surface area contributed by atoms with E-state index in [4.69, 9.17) is 4.74 Å². The van der Waals surface area contributed by atoms with Crippen molar-refractivity contribution in [2.75, 3.05) is 23.4 Å². The van der Waals surface area contributed by atoms with E-state index in [1.807, 2.05) is 12.1 Å². The quantitative estimate of drug-likeness (QED) is 0.460. The van der Waals surface area contributed by atoms with Crippen molar-refractivity contribution < 1.29 is 27.5 Å². The first-order valence-corrected chi connectivity index (χ1v) is 12.9. The van der Waals surface area contributed by atoms with E-state index in [-0.39, 0.29) is 36.2 Å². The van der Waals surface area contributed by atoms with E-state index in [1.165, 1.54) is 15.8 Å². The van der Waals surface area contributed by atoms with Crippen LogP contribution in [-0.4, -0.2) is 54.0 Å². The lowest BCUT2D eigenvalue weighted by molar-refractivity contribution is -0.147. The number of Topliss-reactive ketones (excluding diaryl/α,β-unsaturated/α-hetero) is 1. The lowest BCUT2D eigenvalue weighted by Crippen LogP contribution is -2.24. The third-order valence-electron chi connectivity index (χ3n) is 6.02. The number of amides is 1. The maximum Gasteiger partial charge on any atom is 0.306 e. The Labute approximate surface area is 192 Å². The van der Waals surface area contributed by atoms with Crippen LogP contribution in [-0.2, 0) is 37.0 Å². The summed E-state index contributed by atoms with van der Waals surface area (Å²) >= 11 is 0. The molecule has 2 aromatic rings. The molecule has 0 radical (unpaired) electrons. The average Bonchev–Trinajstić information content (AvgIpc) is 3.47. The Morgan fingerprint density at radius 1 is 1.15 bits per heavy atom. The monoisotopic (exact) mass is 473 g/mol. The summed E-state index contributed by atoms with van der Waals surface area (Å²) in [5.41, 5.74) is 3.71. The number of aromatic nitrogens is 2. The van der Waals surface area contributed by atoms with E-state index in [2.05, 4.69) is 10.4 Å². The van der Waals surface area contributed by atoms with Crippen LogP contribution in [0.4, 0.5) is 5.82 Å². The van der Waals surface area contributed by atoms with Crippen molar-refractivity contribution in [3.63, 3.8) is 0 Å². The Bertz CT molecular complexity index is 1200. The molecule has 0 spiro atoms. The van der Waals surface area contributed by atoms with Gasteiger partial charge < -0.3 is 10.1 Å². The van der Waals surface area contributed by atoms with Gasteiger partial charge in [0.1, 0.15) is 5.82 Å². The molecule has 1 fully saturated rings. The van der Waals surface area contributed by atoms with Crippen LogP contribution in [0.3, 0.4) is 0 Å². The van der Waals surface area contributed by atoms with E-state index >= 15 is 0 Å². The number of carbonyl (C=O) groups excluding carboxylic acids is 3. The molecule has 4 rings (SSSR count). The van der Waals surface area contributed by atoms with E-state index < -0.39 is 28.3 Å². The van der Waals surface area contributed by atoms with Crippen LogP contribution >= 0.6 is 0 Å². The molecule has 2 heterocycles. The summed E-state index contributed by atoms with van der Waals surface area (Å²) in [4.78, 5) is 36.7. The van der Waals surface area contributed by atoms with Crippen molar-refractivity contribution in [2.24, 2.45) is 0 Å². The molecule has 33 heavy (non-hydrogen) atoms. The average molecular weight is 474 g/mol. The molecule has 9 nitrogen and oxygen atoms in total. The highest BCUT2D eigenvalue weighted by Gasteiger charge is 2.31. The molecule has 1 aromatic heterocycles. The topological polar surface area (TPSA) is 124 Å². The Morgan fingerprint density at radius 2 is 1.94 bits per heavy atom. The fourth-order valence-electron chi connectivity index (χ4n) is 4.36. The zero-order chi connectivity index (χ0) is 23.6. The lowest BCUT2D eigenvalue weighted by Gasteiger charge is -2.13. The molecule has 1 saturated heterocycles. The molecule has 0 saturated carbocycles. The van der Waals surface area contributed by atoms with E-state index in [9.17, 15) is 22.8 Å². The first kappa shape index (κ1) is 23.2.